The van der Waals surface area contributed by atoms with Gasteiger partial charge < -0.3 is 10.1 Å². The second-order valence-electron chi connectivity index (χ2n) is 4.98. The molecule has 0 fully saturated rings. The molecule has 1 N–H and O–H groups in total. The zero-order chi connectivity index (χ0) is 13.8. The van der Waals surface area contributed by atoms with Crippen LogP contribution in [0.1, 0.15) is 17.9 Å². The lowest BCUT2D eigenvalue weighted by molar-refractivity contribution is 0.270. The quantitative estimate of drug-likeness (QED) is 0.842. The number of para-hydroxylation sites is 1. The van der Waals surface area contributed by atoms with Crippen LogP contribution >= 0.6 is 11.8 Å². The molecule has 0 bridgehead atoms. The van der Waals surface area contributed by atoms with E-state index in [2.05, 4.69) is 54.0 Å². The maximum atomic E-state index is 5.71. The number of rotatable bonds is 4. The fraction of sp³-hybridized carbons (Fsp3) is 0.294. The fourth-order valence-corrected chi connectivity index (χ4v) is 3.06. The number of thioether (sulfide) groups is 1. The lowest BCUT2D eigenvalue weighted by atomic mass is 9.93. The minimum absolute atomic E-state index is 0.526. The van der Waals surface area contributed by atoms with Crippen LogP contribution in [0.2, 0.25) is 0 Å². The van der Waals surface area contributed by atoms with Crippen LogP contribution in [0.25, 0.3) is 0 Å². The highest BCUT2D eigenvalue weighted by atomic mass is 32.2. The van der Waals surface area contributed by atoms with E-state index in [1.807, 2.05) is 6.07 Å². The molecule has 2 aromatic rings. The zero-order valence-corrected chi connectivity index (χ0v) is 12.5. The summed E-state index contributed by atoms with van der Waals surface area (Å²) in [6.07, 6.45) is 3.18. The molecule has 3 heteroatoms. The lowest BCUT2D eigenvalue weighted by Crippen LogP contribution is -2.20. The van der Waals surface area contributed by atoms with Crippen LogP contribution in [-0.4, -0.2) is 19.4 Å². The van der Waals surface area contributed by atoms with Crippen molar-refractivity contribution in [2.45, 2.75) is 17.2 Å². The summed E-state index contributed by atoms with van der Waals surface area (Å²) in [5.74, 6) is 1.57. The third kappa shape index (κ3) is 2.93. The highest BCUT2D eigenvalue weighted by Crippen LogP contribution is 2.33. The van der Waals surface area contributed by atoms with E-state index >= 15 is 0 Å². The molecule has 0 saturated carbocycles. The van der Waals surface area contributed by atoms with Gasteiger partial charge >= 0.3 is 0 Å². The van der Waals surface area contributed by atoms with Crippen LogP contribution in [0.3, 0.4) is 0 Å². The van der Waals surface area contributed by atoms with E-state index in [4.69, 9.17) is 4.74 Å². The average molecular weight is 285 g/mol. The Bertz CT molecular complexity index is 585. The minimum atomic E-state index is 0.526. The van der Waals surface area contributed by atoms with Crippen LogP contribution in [0.4, 0.5) is 5.69 Å². The molecule has 3 rings (SSSR count). The Kier molecular flexibility index (Phi) is 4.16. The van der Waals surface area contributed by atoms with Crippen molar-refractivity contribution < 1.29 is 4.74 Å². The van der Waals surface area contributed by atoms with Gasteiger partial charge in [0.05, 0.1) is 6.61 Å². The van der Waals surface area contributed by atoms with Gasteiger partial charge in [-0.1, -0.05) is 24.3 Å². The fourth-order valence-electron chi connectivity index (χ4n) is 2.60. The number of hydrogen-bond donors (Lipinski definition) is 1. The molecule has 104 valence electrons. The number of anilines is 1. The second kappa shape index (κ2) is 6.23. The molecule has 0 saturated heterocycles. The summed E-state index contributed by atoms with van der Waals surface area (Å²) >= 11 is 1.77. The number of hydrogen-bond acceptors (Lipinski definition) is 3. The molecule has 0 spiro atoms. The monoisotopic (exact) mass is 285 g/mol. The maximum absolute atomic E-state index is 5.71. The SMILES string of the molecule is CSc1cccc(NCC2CCOc3ccccc32)c1. The molecule has 0 radical (unpaired) electrons. The highest BCUT2D eigenvalue weighted by Gasteiger charge is 2.20. The Morgan fingerprint density at radius 3 is 3.00 bits per heavy atom. The van der Waals surface area contributed by atoms with E-state index in [1.54, 1.807) is 11.8 Å². The van der Waals surface area contributed by atoms with E-state index < -0.39 is 0 Å². The summed E-state index contributed by atoms with van der Waals surface area (Å²) < 4.78 is 5.71. The van der Waals surface area contributed by atoms with E-state index in [0.717, 1.165) is 25.3 Å². The summed E-state index contributed by atoms with van der Waals surface area (Å²) in [6, 6.07) is 17.0. The summed E-state index contributed by atoms with van der Waals surface area (Å²) in [6.45, 7) is 1.77. The van der Waals surface area contributed by atoms with Gasteiger partial charge in [0, 0.05) is 23.0 Å². The van der Waals surface area contributed by atoms with Gasteiger partial charge in [-0.3, -0.25) is 0 Å². The Hall–Kier alpha value is -1.61. The van der Waals surface area contributed by atoms with Crippen molar-refractivity contribution in [3.05, 3.63) is 54.1 Å². The third-order valence-corrected chi connectivity index (χ3v) is 4.43. The molecule has 2 nitrogen and oxygen atoms in total. The van der Waals surface area contributed by atoms with E-state index in [9.17, 15) is 0 Å². The van der Waals surface area contributed by atoms with Crippen molar-refractivity contribution in [2.24, 2.45) is 0 Å². The molecular formula is C17H19NOS. The average Bonchev–Trinajstić information content (AvgIpc) is 2.53. The predicted molar refractivity (Wildman–Crippen MR) is 86.0 cm³/mol. The minimum Gasteiger partial charge on any atom is -0.493 e. The maximum Gasteiger partial charge on any atom is 0.122 e. The molecule has 0 aromatic heterocycles. The summed E-state index contributed by atoms with van der Waals surface area (Å²) in [4.78, 5) is 1.29. The van der Waals surface area contributed by atoms with E-state index in [0.29, 0.717) is 5.92 Å². The Labute approximate surface area is 124 Å². The van der Waals surface area contributed by atoms with Gasteiger partial charge in [-0.25, -0.2) is 0 Å². The van der Waals surface area contributed by atoms with Crippen molar-refractivity contribution in [1.29, 1.82) is 0 Å². The van der Waals surface area contributed by atoms with Gasteiger partial charge in [-0.15, -0.1) is 11.8 Å². The van der Waals surface area contributed by atoms with Gasteiger partial charge in [0.25, 0.3) is 0 Å². The largest absolute Gasteiger partial charge is 0.493 e. The molecule has 1 unspecified atom stereocenters. The highest BCUT2D eigenvalue weighted by molar-refractivity contribution is 7.98. The van der Waals surface area contributed by atoms with Crippen LogP contribution in [0, 0.1) is 0 Å². The molecule has 20 heavy (non-hydrogen) atoms. The summed E-state index contributed by atoms with van der Waals surface area (Å²) in [5.41, 5.74) is 2.52. The van der Waals surface area contributed by atoms with Gasteiger partial charge in [0.2, 0.25) is 0 Å². The number of nitrogens with one attached hydrogen (secondary N) is 1. The van der Waals surface area contributed by atoms with Crippen molar-refractivity contribution in [2.75, 3.05) is 24.7 Å². The summed E-state index contributed by atoms with van der Waals surface area (Å²) in [5, 5.41) is 3.56. The van der Waals surface area contributed by atoms with Gasteiger partial charge in [0.15, 0.2) is 0 Å². The molecule has 2 aromatic carbocycles. The van der Waals surface area contributed by atoms with Gasteiger partial charge in [0.1, 0.15) is 5.75 Å². The first-order chi connectivity index (χ1) is 9.86. The van der Waals surface area contributed by atoms with Gasteiger partial charge in [-0.2, -0.15) is 0 Å². The first-order valence-electron chi connectivity index (χ1n) is 6.96. The predicted octanol–water partition coefficient (Wildman–Crippen LogP) is 4.39. The topological polar surface area (TPSA) is 21.3 Å². The molecular weight excluding hydrogens is 266 g/mol. The molecule has 0 aliphatic carbocycles. The third-order valence-electron chi connectivity index (χ3n) is 3.71. The second-order valence-corrected chi connectivity index (χ2v) is 5.86. The zero-order valence-electron chi connectivity index (χ0n) is 11.6. The van der Waals surface area contributed by atoms with Crippen LogP contribution in [0.5, 0.6) is 5.75 Å². The van der Waals surface area contributed by atoms with E-state index in [1.165, 1.54) is 16.1 Å². The summed E-state index contributed by atoms with van der Waals surface area (Å²) in [7, 11) is 0. The van der Waals surface area contributed by atoms with Crippen LogP contribution in [-0.2, 0) is 0 Å². The van der Waals surface area contributed by atoms with Crippen molar-refractivity contribution in [3.63, 3.8) is 0 Å². The van der Waals surface area contributed by atoms with Crippen molar-refractivity contribution in [3.8, 4) is 5.75 Å². The van der Waals surface area contributed by atoms with E-state index in [-0.39, 0.29) is 0 Å². The molecule has 1 heterocycles. The van der Waals surface area contributed by atoms with Crippen molar-refractivity contribution in [1.82, 2.24) is 0 Å². The normalized spacial score (nSPS) is 17.1. The Balaban J connectivity index is 1.70. The molecule has 1 atom stereocenters. The first-order valence-corrected chi connectivity index (χ1v) is 8.19. The number of benzene rings is 2. The van der Waals surface area contributed by atoms with Crippen LogP contribution in [0.15, 0.2) is 53.4 Å². The number of fused-ring (bicyclic) bond motifs is 1. The number of ether oxygens (including phenoxy) is 1. The molecule has 1 aliphatic heterocycles. The van der Waals surface area contributed by atoms with Gasteiger partial charge in [-0.05, 0) is 42.5 Å². The Morgan fingerprint density at radius 1 is 1.20 bits per heavy atom. The molecule has 1 aliphatic rings. The van der Waals surface area contributed by atoms with Crippen LogP contribution < -0.4 is 10.1 Å². The smallest absolute Gasteiger partial charge is 0.122 e. The first kappa shape index (κ1) is 13.4. The Morgan fingerprint density at radius 2 is 2.10 bits per heavy atom. The lowest BCUT2D eigenvalue weighted by Gasteiger charge is -2.26. The molecule has 0 amide bonds. The van der Waals surface area contributed by atoms with Crippen molar-refractivity contribution >= 4 is 17.4 Å². The standard InChI is InChI=1S/C17H19NOS/c1-20-15-6-4-5-14(11-15)18-12-13-9-10-19-17-8-3-2-7-16(13)17/h2-8,11,13,18H,9-10,12H2,1H3.